The second-order valence-electron chi connectivity index (χ2n) is 8.19. The topological polar surface area (TPSA) is 108 Å². The number of esters is 2. The SMILES string of the molecule is COC(=O)C(CC(NS(=O)(=O)c1ccc(C)cc1)c1ccccc1)(Sc1ccc(OC)cc1)C(=O)OC. The van der Waals surface area contributed by atoms with Crippen LogP contribution in [0.1, 0.15) is 23.6 Å². The van der Waals surface area contributed by atoms with Crippen LogP contribution in [-0.4, -0.2) is 46.4 Å². The normalized spacial score (nSPS) is 12.4. The maximum atomic E-state index is 13.4. The van der Waals surface area contributed by atoms with Crippen LogP contribution in [-0.2, 0) is 29.1 Å². The number of ether oxygens (including phenoxy) is 3. The molecule has 0 amide bonds. The summed E-state index contributed by atoms with van der Waals surface area (Å²) in [4.78, 5) is 27.1. The van der Waals surface area contributed by atoms with Crippen molar-refractivity contribution in [3.63, 3.8) is 0 Å². The second kappa shape index (κ2) is 12.3. The van der Waals surface area contributed by atoms with Crippen molar-refractivity contribution >= 4 is 33.7 Å². The molecule has 0 fully saturated rings. The summed E-state index contributed by atoms with van der Waals surface area (Å²) < 4.78 is 42.8. The minimum Gasteiger partial charge on any atom is -0.497 e. The van der Waals surface area contributed by atoms with Crippen LogP contribution >= 0.6 is 11.8 Å². The lowest BCUT2D eigenvalue weighted by Gasteiger charge is -2.32. The van der Waals surface area contributed by atoms with Gasteiger partial charge in [0, 0.05) is 17.4 Å². The van der Waals surface area contributed by atoms with Crippen LogP contribution in [0.5, 0.6) is 5.75 Å². The molecular weight excluding hydrogens is 514 g/mol. The zero-order valence-corrected chi connectivity index (χ0v) is 22.6. The van der Waals surface area contributed by atoms with E-state index in [0.717, 1.165) is 17.3 Å². The number of thioether (sulfide) groups is 1. The van der Waals surface area contributed by atoms with Gasteiger partial charge in [-0.3, -0.25) is 0 Å². The molecule has 0 aliphatic rings. The van der Waals surface area contributed by atoms with Gasteiger partial charge in [0.1, 0.15) is 5.75 Å². The van der Waals surface area contributed by atoms with Gasteiger partial charge in [-0.1, -0.05) is 59.8 Å². The van der Waals surface area contributed by atoms with Crippen molar-refractivity contribution in [1.82, 2.24) is 4.72 Å². The van der Waals surface area contributed by atoms with Gasteiger partial charge in [0.15, 0.2) is 0 Å². The number of benzene rings is 3. The number of hydrogen-bond donors (Lipinski definition) is 1. The Labute approximate surface area is 221 Å². The Bertz CT molecular complexity index is 1290. The number of methoxy groups -OCH3 is 3. The number of carbonyl (C=O) groups excluding carboxylic acids is 2. The largest absolute Gasteiger partial charge is 0.497 e. The Morgan fingerprint density at radius 2 is 1.43 bits per heavy atom. The van der Waals surface area contributed by atoms with Crippen molar-refractivity contribution in [2.45, 2.75) is 33.9 Å². The third-order valence-corrected chi connectivity index (χ3v) is 8.55. The lowest BCUT2D eigenvalue weighted by atomic mass is 9.94. The van der Waals surface area contributed by atoms with Gasteiger partial charge in [0.25, 0.3) is 0 Å². The molecular formula is C27H29NO7S2. The molecule has 0 saturated carbocycles. The summed E-state index contributed by atoms with van der Waals surface area (Å²) in [6.07, 6.45) is -0.280. The standard InChI is InChI=1S/C27H29NO7S2/c1-19-10-16-23(17-11-19)37(31,32)28-24(20-8-6-5-7-9-20)18-27(25(29)34-3,26(30)35-4)36-22-14-12-21(33-2)13-15-22/h5-17,24,28H,18H2,1-4H3. The first-order valence-electron chi connectivity index (χ1n) is 11.3. The van der Waals surface area contributed by atoms with Gasteiger partial charge in [-0.2, -0.15) is 0 Å². The Hall–Kier alpha value is -3.34. The molecule has 1 unspecified atom stereocenters. The van der Waals surface area contributed by atoms with E-state index < -0.39 is 32.8 Å². The van der Waals surface area contributed by atoms with Crippen LogP contribution < -0.4 is 9.46 Å². The van der Waals surface area contributed by atoms with Gasteiger partial charge >= 0.3 is 11.9 Å². The summed E-state index contributed by atoms with van der Waals surface area (Å²) >= 11 is 0.928. The quantitative estimate of drug-likeness (QED) is 0.217. The van der Waals surface area contributed by atoms with E-state index in [1.54, 1.807) is 66.7 Å². The second-order valence-corrected chi connectivity index (χ2v) is 11.3. The van der Waals surface area contributed by atoms with Crippen LogP contribution in [0.25, 0.3) is 0 Å². The molecule has 37 heavy (non-hydrogen) atoms. The smallest absolute Gasteiger partial charge is 0.333 e. The minimum atomic E-state index is -4.02. The van der Waals surface area contributed by atoms with Gasteiger partial charge in [-0.25, -0.2) is 22.7 Å². The Morgan fingerprint density at radius 3 is 1.95 bits per heavy atom. The zero-order chi connectivity index (χ0) is 27.1. The van der Waals surface area contributed by atoms with E-state index in [4.69, 9.17) is 14.2 Å². The number of nitrogens with one attached hydrogen (secondary N) is 1. The molecule has 0 aliphatic carbocycles. The molecule has 0 bridgehead atoms. The van der Waals surface area contributed by atoms with Crippen molar-refractivity contribution in [2.75, 3.05) is 21.3 Å². The molecule has 0 aromatic heterocycles. The summed E-state index contributed by atoms with van der Waals surface area (Å²) in [5.41, 5.74) is 1.47. The monoisotopic (exact) mass is 543 g/mol. The highest BCUT2D eigenvalue weighted by atomic mass is 32.2. The van der Waals surface area contributed by atoms with Crippen LogP contribution in [0.3, 0.4) is 0 Å². The van der Waals surface area contributed by atoms with Crippen LogP contribution in [0.2, 0.25) is 0 Å². The van der Waals surface area contributed by atoms with E-state index in [-0.39, 0.29) is 11.3 Å². The fourth-order valence-corrected chi connectivity index (χ4v) is 6.21. The van der Waals surface area contributed by atoms with Gasteiger partial charge in [0.2, 0.25) is 14.8 Å². The Kier molecular flexibility index (Phi) is 9.36. The van der Waals surface area contributed by atoms with E-state index >= 15 is 0 Å². The van der Waals surface area contributed by atoms with E-state index in [1.165, 1.54) is 33.5 Å². The van der Waals surface area contributed by atoms with E-state index in [1.807, 2.05) is 6.92 Å². The summed E-state index contributed by atoms with van der Waals surface area (Å²) in [6.45, 7) is 1.86. The maximum Gasteiger partial charge on any atom is 0.333 e. The van der Waals surface area contributed by atoms with E-state index in [0.29, 0.717) is 16.2 Å². The molecule has 0 radical (unpaired) electrons. The van der Waals surface area contributed by atoms with Crippen molar-refractivity contribution in [3.05, 3.63) is 90.0 Å². The number of rotatable bonds is 11. The number of hydrogen-bond acceptors (Lipinski definition) is 8. The highest BCUT2D eigenvalue weighted by molar-refractivity contribution is 8.02. The fourth-order valence-electron chi connectivity index (χ4n) is 3.72. The molecule has 0 aliphatic heterocycles. The molecule has 0 heterocycles. The van der Waals surface area contributed by atoms with Gasteiger partial charge in [-0.05, 0) is 48.9 Å². The van der Waals surface area contributed by atoms with Crippen molar-refractivity contribution < 1.29 is 32.2 Å². The fraction of sp³-hybridized carbons (Fsp3) is 0.259. The third-order valence-electron chi connectivity index (χ3n) is 5.70. The summed E-state index contributed by atoms with van der Waals surface area (Å²) in [7, 11) is -0.157. The van der Waals surface area contributed by atoms with E-state index in [2.05, 4.69) is 4.72 Å². The van der Waals surface area contributed by atoms with Crippen molar-refractivity contribution in [3.8, 4) is 5.75 Å². The van der Waals surface area contributed by atoms with E-state index in [9.17, 15) is 18.0 Å². The molecule has 10 heteroatoms. The first-order valence-corrected chi connectivity index (χ1v) is 13.6. The first-order chi connectivity index (χ1) is 17.6. The summed E-state index contributed by atoms with van der Waals surface area (Å²) in [5.74, 6) is -1.13. The lowest BCUT2D eigenvalue weighted by Crippen LogP contribution is -2.48. The highest BCUT2D eigenvalue weighted by Gasteiger charge is 2.52. The Morgan fingerprint density at radius 1 is 0.865 bits per heavy atom. The van der Waals surface area contributed by atoms with Gasteiger partial charge in [0.05, 0.1) is 26.2 Å². The zero-order valence-electron chi connectivity index (χ0n) is 21.0. The number of carbonyl (C=O) groups is 2. The molecule has 0 saturated heterocycles. The molecule has 196 valence electrons. The Balaban J connectivity index is 2.09. The molecule has 0 spiro atoms. The van der Waals surface area contributed by atoms with Crippen LogP contribution in [0.4, 0.5) is 0 Å². The lowest BCUT2D eigenvalue weighted by molar-refractivity contribution is -0.156. The summed E-state index contributed by atoms with van der Waals surface area (Å²) in [6, 6.07) is 20.9. The molecule has 3 rings (SSSR count). The predicted octanol–water partition coefficient (Wildman–Crippen LogP) is 4.29. The van der Waals surface area contributed by atoms with Crippen molar-refractivity contribution in [1.29, 1.82) is 0 Å². The molecule has 3 aromatic carbocycles. The third kappa shape index (κ3) is 6.71. The van der Waals surface area contributed by atoms with Crippen LogP contribution in [0, 0.1) is 6.92 Å². The minimum absolute atomic E-state index is 0.0589. The maximum absolute atomic E-state index is 13.4. The predicted molar refractivity (Wildman–Crippen MR) is 141 cm³/mol. The number of sulfonamides is 1. The number of aryl methyl sites for hydroxylation is 1. The van der Waals surface area contributed by atoms with Gasteiger partial charge in [-0.15, -0.1) is 0 Å². The first kappa shape index (κ1) is 28.2. The summed E-state index contributed by atoms with van der Waals surface area (Å²) in [5, 5.41) is 0. The highest BCUT2D eigenvalue weighted by Crippen LogP contribution is 2.42. The molecule has 1 N–H and O–H groups in total. The van der Waals surface area contributed by atoms with Crippen LogP contribution in [0.15, 0.2) is 88.7 Å². The van der Waals surface area contributed by atoms with Crippen molar-refractivity contribution in [2.24, 2.45) is 0 Å². The average Bonchev–Trinajstić information content (AvgIpc) is 2.92. The molecule has 1 atom stereocenters. The van der Waals surface area contributed by atoms with Gasteiger partial charge < -0.3 is 14.2 Å². The average molecular weight is 544 g/mol. The molecule has 8 nitrogen and oxygen atoms in total. The molecule has 3 aromatic rings.